The Morgan fingerprint density at radius 1 is 1.14 bits per heavy atom. The number of aliphatic hydroxyl groups excluding tert-OH is 1. The lowest BCUT2D eigenvalue weighted by atomic mass is 9.87. The molecule has 0 saturated heterocycles. The molecule has 0 radical (unpaired) electrons. The van der Waals surface area contributed by atoms with Gasteiger partial charge in [0.15, 0.2) is 0 Å². The molecule has 0 aliphatic heterocycles. The first-order chi connectivity index (χ1) is 10.3. The topological polar surface area (TPSA) is 57.2 Å². The Bertz CT molecular complexity index is 435. The number of methoxy groups -OCH3 is 2. The van der Waals surface area contributed by atoms with Crippen LogP contribution in [0.1, 0.15) is 23.7 Å². The molecule has 2 rings (SSSR count). The summed E-state index contributed by atoms with van der Waals surface area (Å²) < 4.78 is 21.2. The quantitative estimate of drug-likeness (QED) is 0.740. The number of aryl methyl sites for hydroxylation is 1. The lowest BCUT2D eigenvalue weighted by molar-refractivity contribution is -0.0677. The van der Waals surface area contributed by atoms with Crippen molar-refractivity contribution in [1.82, 2.24) is 0 Å². The van der Waals surface area contributed by atoms with Crippen LogP contribution in [0.25, 0.3) is 0 Å². The molecule has 1 aliphatic rings. The van der Waals surface area contributed by atoms with Crippen molar-refractivity contribution in [1.29, 1.82) is 0 Å². The SMILES string of the molecule is COCCOCCOC1CCc2ccc(OC)cc2C1O. The van der Waals surface area contributed by atoms with Gasteiger partial charge >= 0.3 is 0 Å². The molecule has 0 spiro atoms. The minimum Gasteiger partial charge on any atom is -0.497 e. The van der Waals surface area contributed by atoms with Crippen LogP contribution >= 0.6 is 0 Å². The minimum atomic E-state index is -0.608. The summed E-state index contributed by atoms with van der Waals surface area (Å²) in [5, 5.41) is 10.4. The molecule has 0 fully saturated rings. The summed E-state index contributed by atoms with van der Waals surface area (Å²) in [5.41, 5.74) is 2.07. The van der Waals surface area contributed by atoms with Crippen molar-refractivity contribution in [2.75, 3.05) is 40.6 Å². The van der Waals surface area contributed by atoms with E-state index in [-0.39, 0.29) is 6.10 Å². The van der Waals surface area contributed by atoms with E-state index in [1.165, 1.54) is 5.56 Å². The van der Waals surface area contributed by atoms with Gasteiger partial charge in [-0.05, 0) is 36.1 Å². The van der Waals surface area contributed by atoms with Gasteiger partial charge in [0.2, 0.25) is 0 Å². The van der Waals surface area contributed by atoms with Gasteiger partial charge in [-0.2, -0.15) is 0 Å². The van der Waals surface area contributed by atoms with Gasteiger partial charge < -0.3 is 24.1 Å². The zero-order chi connectivity index (χ0) is 15.1. The molecule has 5 nitrogen and oxygen atoms in total. The third kappa shape index (κ3) is 4.41. The van der Waals surface area contributed by atoms with Crippen LogP contribution in [0.5, 0.6) is 5.75 Å². The Labute approximate surface area is 125 Å². The highest BCUT2D eigenvalue weighted by molar-refractivity contribution is 5.39. The molecule has 0 saturated carbocycles. The maximum Gasteiger partial charge on any atom is 0.119 e. The van der Waals surface area contributed by atoms with Crippen LogP contribution < -0.4 is 4.74 Å². The van der Waals surface area contributed by atoms with Crippen LogP contribution in [-0.2, 0) is 20.6 Å². The van der Waals surface area contributed by atoms with Crippen LogP contribution in [0.15, 0.2) is 18.2 Å². The fraction of sp³-hybridized carbons (Fsp3) is 0.625. The molecule has 2 unspecified atom stereocenters. The van der Waals surface area contributed by atoms with Crippen LogP contribution in [0.3, 0.4) is 0 Å². The Morgan fingerprint density at radius 3 is 2.71 bits per heavy atom. The van der Waals surface area contributed by atoms with Gasteiger partial charge in [0.1, 0.15) is 11.9 Å². The maximum atomic E-state index is 10.4. The van der Waals surface area contributed by atoms with Crippen LogP contribution in [0.4, 0.5) is 0 Å². The molecule has 21 heavy (non-hydrogen) atoms. The fourth-order valence-corrected chi connectivity index (χ4v) is 2.54. The number of hydrogen-bond acceptors (Lipinski definition) is 5. The third-order valence-electron chi connectivity index (χ3n) is 3.71. The number of rotatable bonds is 8. The Hall–Kier alpha value is -1.14. The Morgan fingerprint density at radius 2 is 1.95 bits per heavy atom. The summed E-state index contributed by atoms with van der Waals surface area (Å²) in [7, 11) is 3.27. The van der Waals surface area contributed by atoms with Crippen molar-refractivity contribution in [3.05, 3.63) is 29.3 Å². The summed E-state index contributed by atoms with van der Waals surface area (Å²) in [4.78, 5) is 0. The molecule has 1 N–H and O–H groups in total. The monoisotopic (exact) mass is 296 g/mol. The minimum absolute atomic E-state index is 0.185. The normalized spacial score (nSPS) is 21.1. The van der Waals surface area contributed by atoms with E-state index in [1.807, 2.05) is 18.2 Å². The molecule has 1 aromatic carbocycles. The largest absolute Gasteiger partial charge is 0.497 e. The highest BCUT2D eigenvalue weighted by Crippen LogP contribution is 2.34. The smallest absolute Gasteiger partial charge is 0.119 e. The lowest BCUT2D eigenvalue weighted by Crippen LogP contribution is -2.29. The van der Waals surface area contributed by atoms with Gasteiger partial charge in [-0.25, -0.2) is 0 Å². The summed E-state index contributed by atoms with van der Waals surface area (Å²) in [6, 6.07) is 5.84. The molecule has 2 atom stereocenters. The second-order valence-electron chi connectivity index (χ2n) is 5.06. The third-order valence-corrected chi connectivity index (χ3v) is 3.71. The first-order valence-corrected chi connectivity index (χ1v) is 7.29. The first kappa shape index (κ1) is 16.2. The zero-order valence-electron chi connectivity index (χ0n) is 12.7. The predicted octanol–water partition coefficient (Wildman–Crippen LogP) is 1.72. The van der Waals surface area contributed by atoms with Crippen molar-refractivity contribution in [3.63, 3.8) is 0 Å². The van der Waals surface area contributed by atoms with Crippen LogP contribution in [-0.4, -0.2) is 51.9 Å². The van der Waals surface area contributed by atoms with Crippen LogP contribution in [0.2, 0.25) is 0 Å². The summed E-state index contributed by atoms with van der Waals surface area (Å²) in [6.07, 6.45) is 0.933. The number of fused-ring (bicyclic) bond motifs is 1. The second-order valence-corrected chi connectivity index (χ2v) is 5.06. The molecule has 0 amide bonds. The number of ether oxygens (including phenoxy) is 4. The van der Waals surface area contributed by atoms with E-state index in [0.717, 1.165) is 24.2 Å². The molecule has 1 aliphatic carbocycles. The van der Waals surface area contributed by atoms with Gasteiger partial charge in [-0.3, -0.25) is 0 Å². The van der Waals surface area contributed by atoms with Crippen molar-refractivity contribution in [3.8, 4) is 5.75 Å². The molecular weight excluding hydrogens is 272 g/mol. The number of benzene rings is 1. The van der Waals surface area contributed by atoms with Gasteiger partial charge in [-0.15, -0.1) is 0 Å². The van der Waals surface area contributed by atoms with Crippen LogP contribution in [0, 0.1) is 0 Å². The van der Waals surface area contributed by atoms with Gasteiger partial charge in [0.25, 0.3) is 0 Å². The molecule has 118 valence electrons. The Kier molecular flexibility index (Phi) is 6.45. The maximum absolute atomic E-state index is 10.4. The van der Waals surface area contributed by atoms with Gasteiger partial charge in [-0.1, -0.05) is 6.07 Å². The van der Waals surface area contributed by atoms with E-state index in [4.69, 9.17) is 18.9 Å². The van der Waals surface area contributed by atoms with Gasteiger partial charge in [0.05, 0.1) is 39.6 Å². The van der Waals surface area contributed by atoms with E-state index < -0.39 is 6.10 Å². The second kappa shape index (κ2) is 8.34. The van der Waals surface area contributed by atoms with Gasteiger partial charge in [0, 0.05) is 7.11 Å². The summed E-state index contributed by atoms with van der Waals surface area (Å²) in [5.74, 6) is 0.761. The van der Waals surface area contributed by atoms with E-state index in [2.05, 4.69) is 0 Å². The van der Waals surface area contributed by atoms with E-state index >= 15 is 0 Å². The molecule has 0 heterocycles. The average molecular weight is 296 g/mol. The first-order valence-electron chi connectivity index (χ1n) is 7.29. The molecular formula is C16H24O5. The molecule has 0 bridgehead atoms. The standard InChI is InChI=1S/C16H24O5/c1-18-7-8-20-9-10-21-15-6-4-12-3-5-13(19-2)11-14(12)16(15)17/h3,5,11,15-17H,4,6-10H2,1-2H3. The fourth-order valence-electron chi connectivity index (χ4n) is 2.54. The summed E-state index contributed by atoms with van der Waals surface area (Å²) in [6.45, 7) is 2.13. The highest BCUT2D eigenvalue weighted by Gasteiger charge is 2.28. The predicted molar refractivity (Wildman–Crippen MR) is 78.7 cm³/mol. The summed E-state index contributed by atoms with van der Waals surface area (Å²) >= 11 is 0. The Balaban J connectivity index is 1.83. The number of hydrogen-bond donors (Lipinski definition) is 1. The van der Waals surface area contributed by atoms with Crippen molar-refractivity contribution in [2.45, 2.75) is 25.0 Å². The van der Waals surface area contributed by atoms with E-state index in [0.29, 0.717) is 26.4 Å². The van der Waals surface area contributed by atoms with Crippen molar-refractivity contribution < 1.29 is 24.1 Å². The molecule has 0 aromatic heterocycles. The zero-order valence-corrected chi connectivity index (χ0v) is 12.7. The van der Waals surface area contributed by atoms with Crippen molar-refractivity contribution >= 4 is 0 Å². The molecule has 1 aromatic rings. The van der Waals surface area contributed by atoms with Crippen molar-refractivity contribution in [2.24, 2.45) is 0 Å². The van der Waals surface area contributed by atoms with E-state index in [9.17, 15) is 5.11 Å². The average Bonchev–Trinajstić information content (AvgIpc) is 2.52. The molecule has 5 heteroatoms. The van der Waals surface area contributed by atoms with E-state index in [1.54, 1.807) is 14.2 Å². The lowest BCUT2D eigenvalue weighted by Gasteiger charge is -2.30. The highest BCUT2D eigenvalue weighted by atomic mass is 16.5. The number of aliphatic hydroxyl groups is 1.